The molecule has 0 bridgehead atoms. The number of allylic oxidation sites excluding steroid dienone is 4. The maximum atomic E-state index is 10.8. The molecule has 0 saturated heterocycles. The van der Waals surface area contributed by atoms with Crippen LogP contribution in [0.2, 0.25) is 0 Å². The third-order valence-electron chi connectivity index (χ3n) is 2.30. The molecular formula is C12H15ClN2O2. The Morgan fingerprint density at radius 1 is 1.65 bits per heavy atom. The van der Waals surface area contributed by atoms with Gasteiger partial charge in [0, 0.05) is 5.57 Å². The Morgan fingerprint density at radius 3 is 3.06 bits per heavy atom. The summed E-state index contributed by atoms with van der Waals surface area (Å²) in [6, 6.07) is 0. The number of nitrogens with zero attached hydrogens (tertiary/aromatic N) is 1. The quantitative estimate of drug-likeness (QED) is 0.275. The van der Waals surface area contributed by atoms with Crippen LogP contribution in [0.3, 0.4) is 0 Å². The number of alkyl halides is 1. The molecule has 0 aromatic rings. The van der Waals surface area contributed by atoms with Gasteiger partial charge >= 0.3 is 5.97 Å². The van der Waals surface area contributed by atoms with E-state index in [9.17, 15) is 4.79 Å². The first-order chi connectivity index (χ1) is 8.17. The van der Waals surface area contributed by atoms with Gasteiger partial charge in [0.05, 0.1) is 0 Å². The molecule has 0 spiro atoms. The molecule has 2 N–H and O–H groups in total. The SMILES string of the molecule is CCC1=CC=CC(C(N)=NOC(=O)CCl)=CC1. The molecule has 0 aromatic heterocycles. The summed E-state index contributed by atoms with van der Waals surface area (Å²) in [5, 5.41) is 3.53. The molecule has 0 aromatic carbocycles. The van der Waals surface area contributed by atoms with Gasteiger partial charge in [-0.15, -0.1) is 11.6 Å². The highest BCUT2D eigenvalue weighted by atomic mass is 35.5. The highest BCUT2D eigenvalue weighted by molar-refractivity contribution is 6.26. The molecular weight excluding hydrogens is 240 g/mol. The average molecular weight is 255 g/mol. The Hall–Kier alpha value is -1.55. The van der Waals surface area contributed by atoms with Gasteiger partial charge in [-0.2, -0.15) is 0 Å². The van der Waals surface area contributed by atoms with E-state index in [0.29, 0.717) is 0 Å². The number of nitrogens with two attached hydrogens (primary N) is 1. The zero-order valence-corrected chi connectivity index (χ0v) is 10.4. The van der Waals surface area contributed by atoms with E-state index in [2.05, 4.69) is 16.9 Å². The molecule has 92 valence electrons. The lowest BCUT2D eigenvalue weighted by atomic mass is 10.1. The summed E-state index contributed by atoms with van der Waals surface area (Å²) in [7, 11) is 0. The van der Waals surface area contributed by atoms with Crippen molar-refractivity contribution < 1.29 is 9.63 Å². The fourth-order valence-electron chi connectivity index (χ4n) is 1.29. The van der Waals surface area contributed by atoms with Crippen LogP contribution in [0.4, 0.5) is 0 Å². The van der Waals surface area contributed by atoms with Gasteiger partial charge in [-0.25, -0.2) is 4.79 Å². The predicted octanol–water partition coefficient (Wildman–Crippen LogP) is 2.26. The standard InChI is InChI=1S/C12H15ClN2O2/c1-2-9-4-3-5-10(7-6-9)12(14)15-17-11(16)8-13/h3-5,7H,2,6,8H2,1H3,(H2,14,15). The van der Waals surface area contributed by atoms with E-state index in [4.69, 9.17) is 17.3 Å². The minimum Gasteiger partial charge on any atom is -0.380 e. The zero-order chi connectivity index (χ0) is 12.7. The molecule has 4 nitrogen and oxygen atoms in total. The molecule has 0 unspecified atom stereocenters. The van der Waals surface area contributed by atoms with Crippen LogP contribution in [-0.4, -0.2) is 17.7 Å². The first-order valence-electron chi connectivity index (χ1n) is 5.33. The second kappa shape index (κ2) is 6.91. The third-order valence-corrected chi connectivity index (χ3v) is 2.51. The lowest BCUT2D eigenvalue weighted by molar-refractivity contribution is -0.140. The van der Waals surface area contributed by atoms with E-state index >= 15 is 0 Å². The summed E-state index contributed by atoms with van der Waals surface area (Å²) in [6.07, 6.45) is 9.54. The van der Waals surface area contributed by atoms with Crippen molar-refractivity contribution in [3.8, 4) is 0 Å². The van der Waals surface area contributed by atoms with Crippen molar-refractivity contribution in [2.75, 3.05) is 5.88 Å². The fraction of sp³-hybridized carbons (Fsp3) is 0.333. The molecule has 1 aliphatic rings. The Morgan fingerprint density at radius 2 is 2.41 bits per heavy atom. The lowest BCUT2D eigenvalue weighted by Gasteiger charge is -2.01. The zero-order valence-electron chi connectivity index (χ0n) is 9.65. The van der Waals surface area contributed by atoms with E-state index in [1.54, 1.807) is 0 Å². The van der Waals surface area contributed by atoms with Gasteiger partial charge < -0.3 is 10.6 Å². The highest BCUT2D eigenvalue weighted by Gasteiger charge is 2.05. The van der Waals surface area contributed by atoms with E-state index in [1.807, 2.05) is 24.3 Å². The van der Waals surface area contributed by atoms with E-state index in [1.165, 1.54) is 5.57 Å². The smallest absolute Gasteiger partial charge is 0.349 e. The minimum absolute atomic E-state index is 0.172. The summed E-state index contributed by atoms with van der Waals surface area (Å²) < 4.78 is 0. The molecule has 5 heteroatoms. The van der Waals surface area contributed by atoms with E-state index < -0.39 is 5.97 Å². The van der Waals surface area contributed by atoms with Crippen molar-refractivity contribution in [3.63, 3.8) is 0 Å². The maximum Gasteiger partial charge on any atom is 0.349 e. The maximum absolute atomic E-state index is 10.8. The predicted molar refractivity (Wildman–Crippen MR) is 68.6 cm³/mol. The van der Waals surface area contributed by atoms with Crippen molar-refractivity contribution >= 4 is 23.4 Å². The van der Waals surface area contributed by atoms with E-state index in [-0.39, 0.29) is 11.7 Å². The molecule has 0 saturated carbocycles. The van der Waals surface area contributed by atoms with Crippen LogP contribution >= 0.6 is 11.6 Å². The van der Waals surface area contributed by atoms with Crippen molar-refractivity contribution in [3.05, 3.63) is 35.5 Å². The molecule has 17 heavy (non-hydrogen) atoms. The van der Waals surface area contributed by atoms with Gasteiger partial charge in [0.15, 0.2) is 5.84 Å². The van der Waals surface area contributed by atoms with Crippen molar-refractivity contribution in [2.24, 2.45) is 10.9 Å². The number of oxime groups is 1. The molecule has 1 aliphatic carbocycles. The Bertz CT molecular complexity index is 409. The summed E-state index contributed by atoms with van der Waals surface area (Å²) >= 11 is 5.26. The van der Waals surface area contributed by atoms with Crippen LogP contribution in [0.5, 0.6) is 0 Å². The van der Waals surface area contributed by atoms with Gasteiger partial charge in [-0.3, -0.25) is 0 Å². The number of halogens is 1. The first-order valence-corrected chi connectivity index (χ1v) is 5.86. The summed E-state index contributed by atoms with van der Waals surface area (Å²) in [6.45, 7) is 2.10. The van der Waals surface area contributed by atoms with Crippen LogP contribution in [0.25, 0.3) is 0 Å². The monoisotopic (exact) mass is 254 g/mol. The Balaban J connectivity index is 2.68. The number of carbonyl (C=O) groups excluding carboxylic acids is 1. The van der Waals surface area contributed by atoms with Crippen LogP contribution < -0.4 is 5.73 Å². The fourth-order valence-corrected chi connectivity index (χ4v) is 1.34. The second-order valence-electron chi connectivity index (χ2n) is 3.47. The first kappa shape index (κ1) is 13.5. The van der Waals surface area contributed by atoms with Gasteiger partial charge in [-0.05, 0) is 12.8 Å². The number of hydrogen-bond donors (Lipinski definition) is 1. The number of carbonyl (C=O) groups is 1. The number of rotatable bonds is 4. The molecule has 0 aliphatic heterocycles. The normalized spacial score (nSPS) is 16.0. The summed E-state index contributed by atoms with van der Waals surface area (Å²) in [4.78, 5) is 15.3. The third kappa shape index (κ3) is 4.44. The molecule has 1 rings (SSSR count). The topological polar surface area (TPSA) is 64.7 Å². The van der Waals surface area contributed by atoms with Crippen molar-refractivity contribution in [2.45, 2.75) is 19.8 Å². The van der Waals surface area contributed by atoms with E-state index in [0.717, 1.165) is 18.4 Å². The van der Waals surface area contributed by atoms with Gasteiger partial charge in [0.1, 0.15) is 5.88 Å². The average Bonchev–Trinajstić information content (AvgIpc) is 2.60. The molecule has 0 atom stereocenters. The van der Waals surface area contributed by atoms with Crippen LogP contribution in [0, 0.1) is 0 Å². The molecule has 0 fully saturated rings. The Labute approximate surface area is 105 Å². The van der Waals surface area contributed by atoms with Crippen molar-refractivity contribution in [1.82, 2.24) is 0 Å². The second-order valence-corrected chi connectivity index (χ2v) is 3.74. The van der Waals surface area contributed by atoms with Crippen molar-refractivity contribution in [1.29, 1.82) is 0 Å². The van der Waals surface area contributed by atoms with Crippen LogP contribution in [0.1, 0.15) is 19.8 Å². The summed E-state index contributed by atoms with van der Waals surface area (Å²) in [5.74, 6) is -0.696. The van der Waals surface area contributed by atoms with Gasteiger partial charge in [-0.1, -0.05) is 42.0 Å². The van der Waals surface area contributed by atoms with Crippen LogP contribution in [0.15, 0.2) is 40.6 Å². The molecule has 0 radical (unpaired) electrons. The Kier molecular flexibility index (Phi) is 5.49. The molecule has 0 heterocycles. The number of amidine groups is 1. The largest absolute Gasteiger partial charge is 0.380 e. The number of hydrogen-bond acceptors (Lipinski definition) is 3. The summed E-state index contributed by atoms with van der Waals surface area (Å²) in [5.41, 5.74) is 7.74. The highest BCUT2D eigenvalue weighted by Crippen LogP contribution is 2.14. The van der Waals surface area contributed by atoms with Gasteiger partial charge in [0.25, 0.3) is 0 Å². The van der Waals surface area contributed by atoms with Crippen LogP contribution in [-0.2, 0) is 9.63 Å². The minimum atomic E-state index is -0.625. The lowest BCUT2D eigenvalue weighted by Crippen LogP contribution is -2.16. The molecule has 0 amide bonds. The van der Waals surface area contributed by atoms with Gasteiger partial charge in [0.2, 0.25) is 0 Å².